The van der Waals surface area contributed by atoms with Crippen LogP contribution in [0.1, 0.15) is 130 Å². The molecule has 15 heteroatoms. The van der Waals surface area contributed by atoms with Crippen LogP contribution in [-0.4, -0.2) is 161 Å². The molecule has 0 aromatic heterocycles. The zero-order chi connectivity index (χ0) is 40.6. The summed E-state index contributed by atoms with van der Waals surface area (Å²) >= 11 is 4.72. The smallest absolute Gasteiger partial charge is 0.409 e. The lowest BCUT2D eigenvalue weighted by Crippen LogP contribution is -2.58. The van der Waals surface area contributed by atoms with Crippen molar-refractivity contribution in [2.24, 2.45) is 0 Å². The number of hydrogen-bond donors (Lipinski definition) is 3. The van der Waals surface area contributed by atoms with Crippen LogP contribution in [0.4, 0.5) is 19.2 Å². The number of hydrogen-bond acceptors (Lipinski definition) is 9. The Morgan fingerprint density at radius 1 is 0.632 bits per heavy atom. The van der Waals surface area contributed by atoms with Crippen LogP contribution in [0.2, 0.25) is 0 Å². The SMILES string of the molecule is CC1(N2CCC(N3C(=O)N[C@@H]4CCCC[C@H]43)CC2)CCNCC1.CCOC(=O)Cl.CCOC(=O)N1CCC(C)(N2CCC(N3C(=O)N[C@@H]4CCCC[C@H]43)CC2)CC1. The molecule has 0 aromatic rings. The van der Waals surface area contributed by atoms with Crippen LogP contribution in [0.15, 0.2) is 0 Å². The first-order chi connectivity index (χ1) is 27.5. The van der Waals surface area contributed by atoms with Crippen molar-refractivity contribution in [1.82, 2.24) is 40.4 Å². The maximum atomic E-state index is 12.6. The lowest BCUT2D eigenvalue weighted by Gasteiger charge is -2.50. The number of piperidine rings is 4. The summed E-state index contributed by atoms with van der Waals surface area (Å²) in [4.78, 5) is 58.2. The second-order valence-electron chi connectivity index (χ2n) is 18.2. The molecule has 2 saturated carbocycles. The third-order valence-corrected chi connectivity index (χ3v) is 14.9. The molecule has 4 atom stereocenters. The first kappa shape index (κ1) is 44.0. The summed E-state index contributed by atoms with van der Waals surface area (Å²) in [6, 6.07) is 2.93. The van der Waals surface area contributed by atoms with Gasteiger partial charge in [-0.15, -0.1) is 0 Å². The minimum absolute atomic E-state index is 0.147. The Hall–Kier alpha value is -2.55. The normalized spacial score (nSPS) is 30.7. The van der Waals surface area contributed by atoms with E-state index < -0.39 is 5.43 Å². The number of nitrogens with one attached hydrogen (secondary N) is 3. The maximum Gasteiger partial charge on any atom is 0.409 e. The fourth-order valence-corrected chi connectivity index (χ4v) is 11.4. The highest BCUT2D eigenvalue weighted by Crippen LogP contribution is 2.37. The molecule has 0 radical (unpaired) electrons. The Bertz CT molecular complexity index is 1350. The van der Waals surface area contributed by atoms with Crippen molar-refractivity contribution in [2.45, 2.75) is 178 Å². The topological polar surface area (TPSA) is 139 Å². The second kappa shape index (κ2) is 20.1. The van der Waals surface area contributed by atoms with Gasteiger partial charge in [0.1, 0.15) is 0 Å². The first-order valence-electron chi connectivity index (χ1n) is 22.6. The summed E-state index contributed by atoms with van der Waals surface area (Å²) in [5, 5.41) is 9.97. The van der Waals surface area contributed by atoms with Gasteiger partial charge in [-0.2, -0.15) is 0 Å². The number of urea groups is 2. The van der Waals surface area contributed by atoms with Crippen molar-refractivity contribution >= 4 is 35.2 Å². The number of fused-ring (bicyclic) bond motifs is 2. The Morgan fingerprint density at radius 2 is 1.05 bits per heavy atom. The molecule has 6 aliphatic heterocycles. The van der Waals surface area contributed by atoms with Gasteiger partial charge in [-0.1, -0.05) is 25.7 Å². The highest BCUT2D eigenvalue weighted by molar-refractivity contribution is 6.61. The molecule has 3 N–H and O–H groups in total. The Balaban J connectivity index is 0.000000171. The van der Waals surface area contributed by atoms with E-state index in [1.807, 2.05) is 11.8 Å². The predicted octanol–water partition coefficient (Wildman–Crippen LogP) is 6.11. The minimum Gasteiger partial charge on any atom is -0.454 e. The molecule has 0 unspecified atom stereocenters. The van der Waals surface area contributed by atoms with E-state index in [1.54, 1.807) is 6.92 Å². The van der Waals surface area contributed by atoms with E-state index in [2.05, 4.69) is 54.1 Å². The zero-order valence-electron chi connectivity index (χ0n) is 35.4. The van der Waals surface area contributed by atoms with Crippen molar-refractivity contribution in [2.75, 3.05) is 65.6 Å². The molecule has 6 saturated heterocycles. The number of carbonyl (C=O) groups excluding carboxylic acids is 4. The quantitative estimate of drug-likeness (QED) is 0.271. The number of carbonyl (C=O) groups is 4. The Morgan fingerprint density at radius 3 is 1.46 bits per heavy atom. The summed E-state index contributed by atoms with van der Waals surface area (Å²) in [6.45, 7) is 17.4. The molecule has 5 amide bonds. The largest absolute Gasteiger partial charge is 0.454 e. The second-order valence-corrected chi connectivity index (χ2v) is 18.5. The summed E-state index contributed by atoms with van der Waals surface area (Å²) in [7, 11) is 0. The van der Waals surface area contributed by atoms with E-state index in [9.17, 15) is 19.2 Å². The fraction of sp³-hybridized carbons (Fsp3) is 0.905. The van der Waals surface area contributed by atoms with Crippen LogP contribution in [0.5, 0.6) is 0 Å². The van der Waals surface area contributed by atoms with E-state index in [0.29, 0.717) is 55.0 Å². The van der Waals surface area contributed by atoms with Crippen molar-refractivity contribution < 1.29 is 28.7 Å². The van der Waals surface area contributed by atoms with E-state index in [4.69, 9.17) is 16.3 Å². The first-order valence-corrected chi connectivity index (χ1v) is 23.0. The molecular formula is C42H73ClN8O6. The molecule has 8 fully saturated rings. The molecular weight excluding hydrogens is 748 g/mol. The van der Waals surface area contributed by atoms with Crippen molar-refractivity contribution in [3.05, 3.63) is 0 Å². The van der Waals surface area contributed by atoms with Crippen LogP contribution in [0.3, 0.4) is 0 Å². The molecule has 2 aliphatic carbocycles. The molecule has 8 rings (SSSR count). The van der Waals surface area contributed by atoms with E-state index >= 15 is 0 Å². The number of ether oxygens (including phenoxy) is 2. The Kier molecular flexibility index (Phi) is 15.5. The van der Waals surface area contributed by atoms with Gasteiger partial charge in [-0.05, 0) is 118 Å². The van der Waals surface area contributed by atoms with Gasteiger partial charge in [0, 0.05) is 74.0 Å². The predicted molar refractivity (Wildman–Crippen MR) is 222 cm³/mol. The number of rotatable bonds is 6. The molecule has 14 nitrogen and oxygen atoms in total. The summed E-state index contributed by atoms with van der Waals surface area (Å²) in [5.41, 5.74) is -0.219. The van der Waals surface area contributed by atoms with Crippen LogP contribution in [0, 0.1) is 0 Å². The molecule has 0 aromatic carbocycles. The third kappa shape index (κ3) is 10.6. The van der Waals surface area contributed by atoms with Crippen LogP contribution in [0.25, 0.3) is 0 Å². The molecule has 0 spiro atoms. The van der Waals surface area contributed by atoms with Crippen LogP contribution in [-0.2, 0) is 9.47 Å². The summed E-state index contributed by atoms with van der Waals surface area (Å²) in [5.74, 6) is 0. The van der Waals surface area contributed by atoms with Gasteiger partial charge in [-0.25, -0.2) is 19.2 Å². The molecule has 8 aliphatic rings. The van der Waals surface area contributed by atoms with Gasteiger partial charge in [0.05, 0.1) is 37.4 Å². The molecule has 57 heavy (non-hydrogen) atoms. The lowest BCUT2D eigenvalue weighted by molar-refractivity contribution is 0.00123. The van der Waals surface area contributed by atoms with Crippen molar-refractivity contribution in [3.8, 4) is 0 Å². The van der Waals surface area contributed by atoms with Gasteiger partial charge in [0.15, 0.2) is 0 Å². The molecule has 324 valence electrons. The molecule has 6 heterocycles. The standard InChI is InChI=1S/C21H36N4O3.C18H32N4O.C3H5ClO2/c1-3-28-20(27)23-14-10-21(2,11-15-23)24-12-8-16(9-13-24)25-18-7-5-4-6-17(18)22-19(25)26;1-18(8-10-19-11-9-18)21-12-6-14(7-13-21)22-16-5-3-2-4-15(16)20-17(22)23;1-2-6-3(4)5/h16-18H,3-15H2,1-2H3,(H,22,26);14-16,19H,2-13H2,1H3,(H,20,23);2H2,1H3/t17-,18-;15-,16-;/m11./s1. The van der Waals surface area contributed by atoms with Gasteiger partial charge in [0.2, 0.25) is 0 Å². The zero-order valence-corrected chi connectivity index (χ0v) is 36.2. The van der Waals surface area contributed by atoms with Gasteiger partial charge >= 0.3 is 23.6 Å². The number of amides is 5. The average Bonchev–Trinajstić information content (AvgIpc) is 3.74. The minimum atomic E-state index is -0.738. The number of halogens is 1. The van der Waals surface area contributed by atoms with Crippen LogP contribution >= 0.6 is 11.6 Å². The third-order valence-electron chi connectivity index (χ3n) is 14.8. The van der Waals surface area contributed by atoms with Crippen molar-refractivity contribution in [3.63, 3.8) is 0 Å². The van der Waals surface area contributed by atoms with E-state index in [0.717, 1.165) is 104 Å². The highest BCUT2D eigenvalue weighted by atomic mass is 35.5. The van der Waals surface area contributed by atoms with Crippen LogP contribution < -0.4 is 16.0 Å². The maximum absolute atomic E-state index is 12.6. The molecule has 0 bridgehead atoms. The number of nitrogens with zero attached hydrogens (tertiary/aromatic N) is 5. The fourth-order valence-electron chi connectivity index (χ4n) is 11.3. The summed E-state index contributed by atoms with van der Waals surface area (Å²) in [6.07, 6.45) is 18.5. The lowest BCUT2D eigenvalue weighted by atomic mass is 9.85. The Labute approximate surface area is 346 Å². The highest BCUT2D eigenvalue weighted by Gasteiger charge is 2.47. The van der Waals surface area contributed by atoms with Gasteiger partial charge in [0.25, 0.3) is 0 Å². The van der Waals surface area contributed by atoms with Crippen molar-refractivity contribution in [1.29, 1.82) is 0 Å². The number of likely N-dealkylation sites (tertiary alicyclic amines) is 3. The monoisotopic (exact) mass is 821 g/mol. The van der Waals surface area contributed by atoms with Gasteiger partial charge < -0.3 is 40.1 Å². The summed E-state index contributed by atoms with van der Waals surface area (Å²) < 4.78 is 9.32. The van der Waals surface area contributed by atoms with E-state index in [-0.39, 0.29) is 23.7 Å². The van der Waals surface area contributed by atoms with Gasteiger partial charge in [-0.3, -0.25) is 9.80 Å². The van der Waals surface area contributed by atoms with E-state index in [1.165, 1.54) is 51.4 Å². The average molecular weight is 822 g/mol.